The molecule has 4 rings (SSSR count). The Bertz CT molecular complexity index is 1240. The Morgan fingerprint density at radius 1 is 1.14 bits per heavy atom. The summed E-state index contributed by atoms with van der Waals surface area (Å²) in [6.07, 6.45) is -0.677. The number of piperidine rings is 1. The number of halogens is 4. The lowest BCUT2D eigenvalue weighted by molar-refractivity contribution is -0.137. The zero-order valence-corrected chi connectivity index (χ0v) is 20.6. The summed E-state index contributed by atoms with van der Waals surface area (Å²) in [5.74, 6) is 0.183. The van der Waals surface area contributed by atoms with Crippen molar-refractivity contribution in [3.8, 4) is 0 Å². The van der Waals surface area contributed by atoms with E-state index in [0.717, 1.165) is 59.9 Å². The molecule has 10 heteroatoms. The number of amides is 2. The Morgan fingerprint density at radius 3 is 2.57 bits per heavy atom. The molecule has 2 aromatic carbocycles. The summed E-state index contributed by atoms with van der Waals surface area (Å²) >= 11 is 7.23. The quantitative estimate of drug-likeness (QED) is 0.386. The van der Waals surface area contributed by atoms with Gasteiger partial charge in [0, 0.05) is 35.1 Å². The predicted octanol–water partition coefficient (Wildman–Crippen LogP) is 6.30. The molecule has 0 saturated carbocycles. The van der Waals surface area contributed by atoms with Crippen molar-refractivity contribution in [1.29, 1.82) is 0 Å². The minimum absolute atomic E-state index is 0.0265. The van der Waals surface area contributed by atoms with Crippen molar-refractivity contribution < 1.29 is 22.8 Å². The number of para-hydroxylation sites is 1. The highest BCUT2D eigenvalue weighted by molar-refractivity contribution is 8.00. The van der Waals surface area contributed by atoms with Crippen molar-refractivity contribution in [2.45, 2.75) is 37.4 Å². The zero-order chi connectivity index (χ0) is 25.2. The smallest absolute Gasteiger partial charge is 0.341 e. The molecule has 0 spiro atoms. The summed E-state index contributed by atoms with van der Waals surface area (Å²) in [4.78, 5) is 28.1. The normalized spacial score (nSPS) is 14.9. The predicted molar refractivity (Wildman–Crippen MR) is 133 cm³/mol. The molecule has 186 valence electrons. The van der Waals surface area contributed by atoms with Gasteiger partial charge in [0.05, 0.1) is 22.0 Å². The second-order valence-electron chi connectivity index (χ2n) is 8.73. The van der Waals surface area contributed by atoms with Gasteiger partial charge in [-0.05, 0) is 43.0 Å². The first-order chi connectivity index (χ1) is 16.6. The first-order valence-corrected chi connectivity index (χ1v) is 12.6. The standard InChI is InChI=1S/C25H25ClF3N3O2S/c1-16-8-10-31(11-9-16)24(34)14-32-13-22(18-4-2-3-5-21(18)32)35-15-23(33)30-20-12-17(25(27,28)29)6-7-19(20)26/h2-7,12-13,16H,8-11,14-15H2,1H3,(H,30,33). The van der Waals surface area contributed by atoms with E-state index in [1.54, 1.807) is 0 Å². The summed E-state index contributed by atoms with van der Waals surface area (Å²) in [6, 6.07) is 10.4. The lowest BCUT2D eigenvalue weighted by Crippen LogP contribution is -2.39. The molecule has 1 aliphatic rings. The van der Waals surface area contributed by atoms with Crippen molar-refractivity contribution in [1.82, 2.24) is 9.47 Å². The summed E-state index contributed by atoms with van der Waals surface area (Å²) in [7, 11) is 0. The number of aromatic nitrogens is 1. The molecule has 1 saturated heterocycles. The number of hydrogen-bond acceptors (Lipinski definition) is 3. The van der Waals surface area contributed by atoms with Crippen LogP contribution in [0.15, 0.2) is 53.6 Å². The topological polar surface area (TPSA) is 54.3 Å². The van der Waals surface area contributed by atoms with Crippen molar-refractivity contribution in [2.24, 2.45) is 5.92 Å². The summed E-state index contributed by atoms with van der Waals surface area (Å²) in [5.41, 5.74) is -0.0909. The molecule has 0 unspecified atom stereocenters. The van der Waals surface area contributed by atoms with Gasteiger partial charge in [0.1, 0.15) is 6.54 Å². The van der Waals surface area contributed by atoms with Gasteiger partial charge in [0.2, 0.25) is 11.8 Å². The second kappa shape index (κ2) is 10.5. The zero-order valence-electron chi connectivity index (χ0n) is 19.1. The maximum atomic E-state index is 13.0. The van der Waals surface area contributed by atoms with Gasteiger partial charge in [-0.2, -0.15) is 13.2 Å². The summed E-state index contributed by atoms with van der Waals surface area (Å²) in [6.45, 7) is 3.93. The number of nitrogens with zero attached hydrogens (tertiary/aromatic N) is 2. The Kier molecular flexibility index (Phi) is 7.66. The van der Waals surface area contributed by atoms with Crippen molar-refractivity contribution >= 4 is 51.8 Å². The van der Waals surface area contributed by atoms with Crippen molar-refractivity contribution in [2.75, 3.05) is 24.2 Å². The average molecular weight is 524 g/mol. The van der Waals surface area contributed by atoms with Crippen LogP contribution in [0.3, 0.4) is 0 Å². The highest BCUT2D eigenvalue weighted by Crippen LogP contribution is 2.34. The van der Waals surface area contributed by atoms with Crippen LogP contribution in [-0.4, -0.2) is 40.1 Å². The molecular formula is C25H25ClF3N3O2S. The molecule has 2 heterocycles. The number of carbonyl (C=O) groups excluding carboxylic acids is 2. The highest BCUT2D eigenvalue weighted by atomic mass is 35.5. The summed E-state index contributed by atoms with van der Waals surface area (Å²) in [5, 5.41) is 3.40. The van der Waals surface area contributed by atoms with Gasteiger partial charge in [-0.25, -0.2) is 0 Å². The van der Waals surface area contributed by atoms with E-state index >= 15 is 0 Å². The first kappa shape index (κ1) is 25.4. The third kappa shape index (κ3) is 6.13. The van der Waals surface area contributed by atoms with Crippen LogP contribution >= 0.6 is 23.4 Å². The van der Waals surface area contributed by atoms with Gasteiger partial charge >= 0.3 is 6.18 Å². The third-order valence-electron chi connectivity index (χ3n) is 6.12. The molecule has 5 nitrogen and oxygen atoms in total. The van der Waals surface area contributed by atoms with Gasteiger partial charge in [-0.15, -0.1) is 11.8 Å². The maximum absolute atomic E-state index is 13.0. The number of nitrogens with one attached hydrogen (secondary N) is 1. The number of hydrogen-bond donors (Lipinski definition) is 1. The van der Waals surface area contributed by atoms with Gasteiger partial charge in [0.25, 0.3) is 0 Å². The number of anilines is 1. The van der Waals surface area contributed by atoms with Crippen molar-refractivity contribution in [3.63, 3.8) is 0 Å². The minimum atomic E-state index is -4.54. The third-order valence-corrected chi connectivity index (χ3v) is 7.49. The Hall–Kier alpha value is -2.65. The molecular weight excluding hydrogens is 499 g/mol. The monoisotopic (exact) mass is 523 g/mol. The Balaban J connectivity index is 1.44. The number of rotatable bonds is 6. The molecule has 0 radical (unpaired) electrons. The highest BCUT2D eigenvalue weighted by Gasteiger charge is 2.31. The SMILES string of the molecule is CC1CCN(C(=O)Cn2cc(SCC(=O)Nc3cc(C(F)(F)F)ccc3Cl)c3ccccc32)CC1. The largest absolute Gasteiger partial charge is 0.416 e. The number of carbonyl (C=O) groups is 2. The molecule has 1 fully saturated rings. The van der Waals surface area contributed by atoms with E-state index < -0.39 is 17.6 Å². The molecule has 0 aliphatic carbocycles. The van der Waals surface area contributed by atoms with Crippen LogP contribution in [0, 0.1) is 5.92 Å². The second-order valence-corrected chi connectivity index (χ2v) is 10.2. The molecule has 1 N–H and O–H groups in total. The molecule has 1 aliphatic heterocycles. The number of benzene rings is 2. The van der Waals surface area contributed by atoms with Crippen LogP contribution in [0.2, 0.25) is 5.02 Å². The Labute approximate surface area is 210 Å². The van der Waals surface area contributed by atoms with Crippen LogP contribution in [-0.2, 0) is 22.3 Å². The van der Waals surface area contributed by atoms with E-state index in [1.807, 2.05) is 39.9 Å². The van der Waals surface area contributed by atoms with Crippen LogP contribution < -0.4 is 5.32 Å². The average Bonchev–Trinajstić information content (AvgIpc) is 3.16. The number of likely N-dealkylation sites (tertiary alicyclic amines) is 1. The molecule has 1 aromatic heterocycles. The van der Waals surface area contributed by atoms with E-state index in [4.69, 9.17) is 11.6 Å². The van der Waals surface area contributed by atoms with E-state index in [-0.39, 0.29) is 28.9 Å². The lowest BCUT2D eigenvalue weighted by atomic mass is 9.99. The van der Waals surface area contributed by atoms with Crippen LogP contribution in [0.4, 0.5) is 18.9 Å². The fourth-order valence-electron chi connectivity index (χ4n) is 4.09. The van der Waals surface area contributed by atoms with Gasteiger partial charge in [-0.1, -0.05) is 36.7 Å². The molecule has 0 bridgehead atoms. The number of thioether (sulfide) groups is 1. The fourth-order valence-corrected chi connectivity index (χ4v) is 5.14. The molecule has 35 heavy (non-hydrogen) atoms. The number of alkyl halides is 3. The maximum Gasteiger partial charge on any atom is 0.416 e. The fraction of sp³-hybridized carbons (Fsp3) is 0.360. The van der Waals surface area contributed by atoms with Gasteiger partial charge < -0.3 is 14.8 Å². The van der Waals surface area contributed by atoms with E-state index in [9.17, 15) is 22.8 Å². The van der Waals surface area contributed by atoms with E-state index in [0.29, 0.717) is 5.92 Å². The van der Waals surface area contributed by atoms with Crippen LogP contribution in [0.1, 0.15) is 25.3 Å². The number of fused-ring (bicyclic) bond motifs is 1. The summed E-state index contributed by atoms with van der Waals surface area (Å²) < 4.78 is 40.9. The van der Waals surface area contributed by atoms with E-state index in [1.165, 1.54) is 11.8 Å². The Morgan fingerprint density at radius 2 is 1.86 bits per heavy atom. The van der Waals surface area contributed by atoms with Crippen molar-refractivity contribution in [3.05, 3.63) is 59.2 Å². The molecule has 3 aromatic rings. The molecule has 2 amide bonds. The minimum Gasteiger partial charge on any atom is -0.341 e. The lowest BCUT2D eigenvalue weighted by Gasteiger charge is -2.30. The van der Waals surface area contributed by atoms with Gasteiger partial charge in [-0.3, -0.25) is 9.59 Å². The van der Waals surface area contributed by atoms with E-state index in [2.05, 4.69) is 12.2 Å². The van der Waals surface area contributed by atoms with Gasteiger partial charge in [0.15, 0.2) is 0 Å². The van der Waals surface area contributed by atoms with Crippen LogP contribution in [0.25, 0.3) is 10.9 Å². The molecule has 0 atom stereocenters. The van der Waals surface area contributed by atoms with Crippen LogP contribution in [0.5, 0.6) is 0 Å². The first-order valence-electron chi connectivity index (χ1n) is 11.3.